The molecule has 3 aliphatic rings. The van der Waals surface area contributed by atoms with Gasteiger partial charge in [0.15, 0.2) is 0 Å². The number of hydrogen-bond acceptors (Lipinski definition) is 7. The Bertz CT molecular complexity index is 1070. The van der Waals surface area contributed by atoms with Gasteiger partial charge in [0.1, 0.15) is 17.6 Å². The Kier molecular flexibility index (Phi) is 8.71. The predicted octanol–water partition coefficient (Wildman–Crippen LogP) is 3.15. The van der Waals surface area contributed by atoms with E-state index in [4.69, 9.17) is 9.47 Å². The van der Waals surface area contributed by atoms with E-state index in [0.717, 1.165) is 18.8 Å². The van der Waals surface area contributed by atoms with Crippen molar-refractivity contribution in [3.05, 3.63) is 36.9 Å². The van der Waals surface area contributed by atoms with Crippen molar-refractivity contribution in [3.63, 3.8) is 0 Å². The average molecular weight is 542 g/mol. The van der Waals surface area contributed by atoms with Crippen molar-refractivity contribution in [2.45, 2.75) is 70.6 Å². The number of likely N-dealkylation sites (tertiary alicyclic amines) is 1. The van der Waals surface area contributed by atoms with Crippen LogP contribution in [0.3, 0.4) is 0 Å². The molecule has 3 saturated heterocycles. The highest BCUT2D eigenvalue weighted by molar-refractivity contribution is 6.05. The zero-order chi connectivity index (χ0) is 28.4. The highest BCUT2D eigenvalue weighted by Crippen LogP contribution is 2.64. The van der Waals surface area contributed by atoms with Crippen LogP contribution in [0.25, 0.3) is 0 Å². The van der Waals surface area contributed by atoms with E-state index in [-0.39, 0.29) is 38.1 Å². The van der Waals surface area contributed by atoms with Gasteiger partial charge in [0.25, 0.3) is 5.91 Å². The summed E-state index contributed by atoms with van der Waals surface area (Å²) in [5.74, 6) is -2.54. The first-order valence-electron chi connectivity index (χ1n) is 14.3. The fourth-order valence-electron chi connectivity index (χ4n) is 7.10. The Morgan fingerprint density at radius 1 is 1.15 bits per heavy atom. The third-order valence-electron chi connectivity index (χ3n) is 8.88. The van der Waals surface area contributed by atoms with Gasteiger partial charge in [-0.05, 0) is 70.7 Å². The summed E-state index contributed by atoms with van der Waals surface area (Å²) in [5, 5.41) is 9.59. The molecule has 2 amide bonds. The molecule has 3 aliphatic heterocycles. The van der Waals surface area contributed by atoms with Crippen LogP contribution in [0.5, 0.6) is 0 Å². The lowest BCUT2D eigenvalue weighted by atomic mass is 9.65. The van der Waals surface area contributed by atoms with Crippen LogP contribution in [0.4, 0.5) is 11.4 Å². The number of anilines is 2. The Balaban J connectivity index is 1.76. The van der Waals surface area contributed by atoms with E-state index in [2.05, 4.69) is 25.3 Å². The van der Waals surface area contributed by atoms with Crippen LogP contribution < -0.4 is 9.80 Å². The molecule has 3 heterocycles. The maximum atomic E-state index is 14.5. The molecule has 39 heavy (non-hydrogen) atoms. The fourth-order valence-corrected chi connectivity index (χ4v) is 7.10. The quantitative estimate of drug-likeness (QED) is 0.303. The van der Waals surface area contributed by atoms with Gasteiger partial charge in [0.05, 0.1) is 18.1 Å². The van der Waals surface area contributed by atoms with Gasteiger partial charge in [-0.25, -0.2) is 0 Å². The van der Waals surface area contributed by atoms with Gasteiger partial charge in [-0.1, -0.05) is 13.0 Å². The minimum Gasteiger partial charge on any atom is -0.466 e. The third-order valence-corrected chi connectivity index (χ3v) is 8.88. The van der Waals surface area contributed by atoms with E-state index in [1.807, 2.05) is 31.2 Å². The molecule has 2 unspecified atom stereocenters. The summed E-state index contributed by atoms with van der Waals surface area (Å²) < 4.78 is 12.2. The number of carbonyl (C=O) groups is 3. The van der Waals surface area contributed by atoms with Crippen LogP contribution in [-0.2, 0) is 23.9 Å². The summed E-state index contributed by atoms with van der Waals surface area (Å²) >= 11 is 0. The van der Waals surface area contributed by atoms with Gasteiger partial charge in [0.2, 0.25) is 5.91 Å². The second kappa shape index (κ2) is 11.7. The molecule has 0 saturated carbocycles. The van der Waals surface area contributed by atoms with E-state index in [0.29, 0.717) is 31.4 Å². The highest BCUT2D eigenvalue weighted by Gasteiger charge is 2.79. The number of hydrogen-bond donors (Lipinski definition) is 1. The molecule has 0 aliphatic carbocycles. The first-order chi connectivity index (χ1) is 18.8. The maximum Gasteiger partial charge on any atom is 0.312 e. The van der Waals surface area contributed by atoms with Gasteiger partial charge in [-0.2, -0.15) is 0 Å². The molecule has 9 heteroatoms. The van der Waals surface area contributed by atoms with Gasteiger partial charge < -0.3 is 29.3 Å². The summed E-state index contributed by atoms with van der Waals surface area (Å²) in [7, 11) is 0. The monoisotopic (exact) mass is 541 g/mol. The van der Waals surface area contributed by atoms with Crippen LogP contribution in [-0.4, -0.2) is 84.4 Å². The van der Waals surface area contributed by atoms with Crippen LogP contribution in [0.1, 0.15) is 53.4 Å². The molecule has 1 aromatic rings. The Morgan fingerprint density at radius 2 is 1.82 bits per heavy atom. The van der Waals surface area contributed by atoms with Crippen LogP contribution in [0, 0.1) is 11.8 Å². The maximum absolute atomic E-state index is 14.5. The second-order valence-electron chi connectivity index (χ2n) is 10.6. The van der Waals surface area contributed by atoms with Crippen LogP contribution >= 0.6 is 0 Å². The molecule has 214 valence electrons. The number of fused-ring (bicyclic) bond motifs is 1. The molecule has 1 spiro atoms. The number of benzene rings is 1. The molecule has 9 nitrogen and oxygen atoms in total. The third kappa shape index (κ3) is 4.63. The number of amides is 2. The largest absolute Gasteiger partial charge is 0.466 e. The number of esters is 1. The Labute approximate surface area is 231 Å². The minimum absolute atomic E-state index is 0.118. The Morgan fingerprint density at radius 3 is 2.38 bits per heavy atom. The second-order valence-corrected chi connectivity index (χ2v) is 10.6. The molecule has 1 N–H and O–H groups in total. The lowest BCUT2D eigenvalue weighted by molar-refractivity contribution is -0.160. The topological polar surface area (TPSA) is 99.6 Å². The molecular weight excluding hydrogens is 498 g/mol. The molecular formula is C30H43N3O6. The zero-order valence-corrected chi connectivity index (χ0v) is 23.7. The molecule has 0 radical (unpaired) electrons. The first-order valence-corrected chi connectivity index (χ1v) is 14.3. The SMILES string of the molecule is C=CCN(C(=O)C1N(CCCO)C(=O)[C@@H]2[C@H](C(=O)OCC)[C@]3(CC)CCC12O3)c1ccc(N(CC)CC)cc1. The normalized spacial score (nSPS) is 28.9. The van der Waals surface area contributed by atoms with Crippen LogP contribution in [0.15, 0.2) is 36.9 Å². The number of nitrogens with zero attached hydrogens (tertiary/aromatic N) is 3. The van der Waals surface area contributed by atoms with E-state index in [9.17, 15) is 19.5 Å². The van der Waals surface area contributed by atoms with Crippen LogP contribution in [0.2, 0.25) is 0 Å². The van der Waals surface area contributed by atoms with Crippen molar-refractivity contribution >= 4 is 29.2 Å². The van der Waals surface area contributed by atoms with Crippen molar-refractivity contribution in [1.29, 1.82) is 0 Å². The van der Waals surface area contributed by atoms with E-state index < -0.39 is 35.0 Å². The summed E-state index contributed by atoms with van der Waals surface area (Å²) in [5.41, 5.74) is -0.195. The summed E-state index contributed by atoms with van der Waals surface area (Å²) in [6.07, 6.45) is 3.61. The lowest BCUT2D eigenvalue weighted by Crippen LogP contribution is -2.56. The summed E-state index contributed by atoms with van der Waals surface area (Å²) in [6.45, 7) is 14.1. The predicted molar refractivity (Wildman–Crippen MR) is 149 cm³/mol. The molecule has 0 aromatic heterocycles. The molecule has 1 aromatic carbocycles. The number of carbonyl (C=O) groups excluding carboxylic acids is 3. The van der Waals surface area contributed by atoms with E-state index in [1.165, 1.54) is 0 Å². The van der Waals surface area contributed by atoms with Gasteiger partial charge >= 0.3 is 5.97 Å². The van der Waals surface area contributed by atoms with Crippen molar-refractivity contribution in [1.82, 2.24) is 4.90 Å². The number of rotatable bonds is 13. The highest BCUT2D eigenvalue weighted by atomic mass is 16.6. The smallest absolute Gasteiger partial charge is 0.312 e. The fraction of sp³-hybridized carbons (Fsp3) is 0.633. The first kappa shape index (κ1) is 29.1. The van der Waals surface area contributed by atoms with Gasteiger partial charge in [0, 0.05) is 44.2 Å². The van der Waals surface area contributed by atoms with Crippen molar-refractivity contribution in [2.75, 3.05) is 49.2 Å². The van der Waals surface area contributed by atoms with E-state index >= 15 is 0 Å². The molecule has 2 bridgehead atoms. The Hall–Kier alpha value is -2.91. The van der Waals surface area contributed by atoms with Crippen molar-refractivity contribution in [3.8, 4) is 0 Å². The average Bonchev–Trinajstić information content (AvgIpc) is 3.55. The van der Waals surface area contributed by atoms with Gasteiger partial charge in [-0.3, -0.25) is 14.4 Å². The number of ether oxygens (including phenoxy) is 2. The standard InChI is InChI=1S/C30H43N3O6/c1-6-18-32(22-14-12-21(13-15-22)31(8-3)9-4)27(36)25-30-17-16-29(7-2,39-30)24(28(37)38-10-5)23(30)26(35)33(25)19-11-20-34/h6,12-15,23-25,34H,1,7-11,16-20H2,2-5H3/t23-,24+,25?,29-,30?/m0/s1. The summed E-state index contributed by atoms with van der Waals surface area (Å²) in [4.78, 5) is 47.2. The lowest BCUT2D eigenvalue weighted by Gasteiger charge is -2.37. The van der Waals surface area contributed by atoms with Crippen molar-refractivity contribution in [2.24, 2.45) is 11.8 Å². The van der Waals surface area contributed by atoms with E-state index in [1.54, 1.807) is 22.8 Å². The van der Waals surface area contributed by atoms with Gasteiger partial charge in [-0.15, -0.1) is 6.58 Å². The minimum atomic E-state index is -1.13. The number of aliphatic hydroxyl groups excluding tert-OH is 1. The molecule has 3 fully saturated rings. The summed E-state index contributed by atoms with van der Waals surface area (Å²) in [6, 6.07) is 6.91. The zero-order valence-electron chi connectivity index (χ0n) is 23.7. The molecule has 5 atom stereocenters. The number of aliphatic hydroxyl groups is 1. The molecule has 4 rings (SSSR count). The van der Waals surface area contributed by atoms with Crippen molar-refractivity contribution < 1.29 is 29.0 Å².